The molecule has 2 rings (SSSR count). The first-order chi connectivity index (χ1) is 9.27. The van der Waals surface area contributed by atoms with Gasteiger partial charge in [-0.25, -0.2) is 4.98 Å². The summed E-state index contributed by atoms with van der Waals surface area (Å²) in [7, 11) is 2.14. The lowest BCUT2D eigenvalue weighted by Gasteiger charge is -2.28. The molecule has 1 aliphatic heterocycles. The van der Waals surface area contributed by atoms with Gasteiger partial charge in [0.2, 0.25) is 0 Å². The number of aromatic nitrogens is 1. The molecule has 1 fully saturated rings. The SMILES string of the molecule is CCCCN1CCC[C@@H]1c1cccnc1N(C)CC. The second-order valence-corrected chi connectivity index (χ2v) is 5.48. The number of anilines is 1. The second-order valence-electron chi connectivity index (χ2n) is 5.48. The smallest absolute Gasteiger partial charge is 0.133 e. The Bertz CT molecular complexity index is 391. The van der Waals surface area contributed by atoms with E-state index in [4.69, 9.17) is 0 Å². The molecule has 106 valence electrons. The first kappa shape index (κ1) is 14.3. The van der Waals surface area contributed by atoms with Crippen LogP contribution in [-0.2, 0) is 0 Å². The van der Waals surface area contributed by atoms with Crippen molar-refractivity contribution in [2.24, 2.45) is 0 Å². The summed E-state index contributed by atoms with van der Waals surface area (Å²) in [6.07, 6.45) is 7.09. The zero-order valence-electron chi connectivity index (χ0n) is 12.6. The standard InChI is InChI=1S/C16H27N3/c1-4-6-12-19-13-8-10-15(19)14-9-7-11-17-16(14)18(3)5-2/h7,9,11,15H,4-6,8,10,12-13H2,1-3H3/t15-/m1/s1. The zero-order valence-corrected chi connectivity index (χ0v) is 12.6. The molecule has 0 saturated carbocycles. The van der Waals surface area contributed by atoms with Gasteiger partial charge in [0.25, 0.3) is 0 Å². The molecule has 1 aliphatic rings. The Morgan fingerprint density at radius 2 is 2.26 bits per heavy atom. The summed E-state index contributed by atoms with van der Waals surface area (Å²) in [5, 5.41) is 0. The third-order valence-electron chi connectivity index (χ3n) is 4.17. The molecule has 0 aromatic carbocycles. The van der Waals surface area contributed by atoms with Gasteiger partial charge in [-0.15, -0.1) is 0 Å². The van der Waals surface area contributed by atoms with Crippen molar-refractivity contribution >= 4 is 5.82 Å². The maximum Gasteiger partial charge on any atom is 0.133 e. The molecule has 1 aromatic heterocycles. The molecule has 19 heavy (non-hydrogen) atoms. The van der Waals surface area contributed by atoms with Crippen LogP contribution < -0.4 is 4.90 Å². The highest BCUT2D eigenvalue weighted by Gasteiger charge is 2.28. The fourth-order valence-electron chi connectivity index (χ4n) is 2.95. The summed E-state index contributed by atoms with van der Waals surface area (Å²) >= 11 is 0. The molecule has 0 spiro atoms. The minimum Gasteiger partial charge on any atom is -0.360 e. The first-order valence-electron chi connectivity index (χ1n) is 7.68. The summed E-state index contributed by atoms with van der Waals surface area (Å²) in [5.41, 5.74) is 1.42. The average Bonchev–Trinajstić information content (AvgIpc) is 2.92. The lowest BCUT2D eigenvalue weighted by molar-refractivity contribution is 0.253. The van der Waals surface area contributed by atoms with Crippen LogP contribution in [-0.4, -0.2) is 36.6 Å². The third-order valence-corrected chi connectivity index (χ3v) is 4.17. The maximum atomic E-state index is 4.61. The van der Waals surface area contributed by atoms with Crippen LogP contribution in [0.5, 0.6) is 0 Å². The first-order valence-corrected chi connectivity index (χ1v) is 7.68. The van der Waals surface area contributed by atoms with Gasteiger partial charge in [-0.3, -0.25) is 4.90 Å². The molecular weight excluding hydrogens is 234 g/mol. The average molecular weight is 261 g/mol. The number of hydrogen-bond acceptors (Lipinski definition) is 3. The van der Waals surface area contributed by atoms with E-state index >= 15 is 0 Å². The Labute approximate surface area is 117 Å². The van der Waals surface area contributed by atoms with Crippen LogP contribution in [0, 0.1) is 0 Å². The predicted octanol–water partition coefficient (Wildman–Crippen LogP) is 3.47. The number of rotatable bonds is 6. The monoisotopic (exact) mass is 261 g/mol. The van der Waals surface area contributed by atoms with Crippen molar-refractivity contribution in [3.05, 3.63) is 23.9 Å². The van der Waals surface area contributed by atoms with Crippen molar-refractivity contribution in [3.63, 3.8) is 0 Å². The van der Waals surface area contributed by atoms with Gasteiger partial charge < -0.3 is 4.90 Å². The molecule has 0 unspecified atom stereocenters. The lowest BCUT2D eigenvalue weighted by Crippen LogP contribution is -2.27. The minimum atomic E-state index is 0.573. The molecule has 1 atom stereocenters. The molecule has 0 amide bonds. The number of pyridine rings is 1. The van der Waals surface area contributed by atoms with E-state index in [0.29, 0.717) is 6.04 Å². The summed E-state index contributed by atoms with van der Waals surface area (Å²) in [4.78, 5) is 9.51. The zero-order chi connectivity index (χ0) is 13.7. The summed E-state index contributed by atoms with van der Waals surface area (Å²) in [5.74, 6) is 1.17. The van der Waals surface area contributed by atoms with Crippen molar-refractivity contribution < 1.29 is 0 Å². The van der Waals surface area contributed by atoms with Gasteiger partial charge in [0.05, 0.1) is 0 Å². The van der Waals surface area contributed by atoms with Gasteiger partial charge in [0, 0.05) is 31.4 Å². The number of unbranched alkanes of at least 4 members (excludes halogenated alkanes) is 1. The van der Waals surface area contributed by atoms with E-state index in [2.05, 4.69) is 47.8 Å². The number of nitrogens with zero attached hydrogens (tertiary/aromatic N) is 3. The summed E-state index contributed by atoms with van der Waals surface area (Å²) < 4.78 is 0. The second kappa shape index (κ2) is 6.90. The van der Waals surface area contributed by atoms with Crippen LogP contribution in [0.1, 0.15) is 51.1 Å². The highest BCUT2D eigenvalue weighted by molar-refractivity contribution is 5.48. The molecule has 3 nitrogen and oxygen atoms in total. The Morgan fingerprint density at radius 3 is 3.00 bits per heavy atom. The van der Waals surface area contributed by atoms with E-state index in [9.17, 15) is 0 Å². The largest absolute Gasteiger partial charge is 0.360 e. The van der Waals surface area contributed by atoms with Crippen molar-refractivity contribution in [1.82, 2.24) is 9.88 Å². The highest BCUT2D eigenvalue weighted by atomic mass is 15.2. The minimum absolute atomic E-state index is 0.573. The Kier molecular flexibility index (Phi) is 5.20. The van der Waals surface area contributed by atoms with Crippen LogP contribution in [0.4, 0.5) is 5.82 Å². The van der Waals surface area contributed by atoms with Gasteiger partial charge >= 0.3 is 0 Å². The van der Waals surface area contributed by atoms with E-state index in [1.165, 1.54) is 50.2 Å². The predicted molar refractivity (Wildman–Crippen MR) is 81.6 cm³/mol. The van der Waals surface area contributed by atoms with Crippen LogP contribution in [0.3, 0.4) is 0 Å². The molecule has 0 radical (unpaired) electrons. The topological polar surface area (TPSA) is 19.4 Å². The normalized spacial score (nSPS) is 19.8. The van der Waals surface area contributed by atoms with Crippen LogP contribution in [0.2, 0.25) is 0 Å². The molecule has 3 heteroatoms. The fourth-order valence-corrected chi connectivity index (χ4v) is 2.95. The Morgan fingerprint density at radius 1 is 1.42 bits per heavy atom. The van der Waals surface area contributed by atoms with E-state index in [1.54, 1.807) is 0 Å². The van der Waals surface area contributed by atoms with Crippen LogP contribution >= 0.6 is 0 Å². The quantitative estimate of drug-likeness (QED) is 0.781. The fraction of sp³-hybridized carbons (Fsp3) is 0.688. The Balaban J connectivity index is 2.20. The highest BCUT2D eigenvalue weighted by Crippen LogP contribution is 2.35. The Hall–Kier alpha value is -1.09. The molecule has 2 heterocycles. The van der Waals surface area contributed by atoms with Gasteiger partial charge in [0.1, 0.15) is 5.82 Å². The third kappa shape index (κ3) is 3.27. The van der Waals surface area contributed by atoms with E-state index in [1.807, 2.05) is 6.20 Å². The van der Waals surface area contributed by atoms with E-state index in [-0.39, 0.29) is 0 Å². The molecule has 0 N–H and O–H groups in total. The van der Waals surface area contributed by atoms with Gasteiger partial charge in [-0.2, -0.15) is 0 Å². The van der Waals surface area contributed by atoms with Crippen molar-refractivity contribution in [2.45, 2.75) is 45.6 Å². The van der Waals surface area contributed by atoms with E-state index < -0.39 is 0 Å². The van der Waals surface area contributed by atoms with E-state index in [0.717, 1.165) is 6.54 Å². The summed E-state index contributed by atoms with van der Waals surface area (Å²) in [6, 6.07) is 4.92. The summed E-state index contributed by atoms with van der Waals surface area (Å²) in [6.45, 7) is 7.93. The van der Waals surface area contributed by atoms with Crippen molar-refractivity contribution in [2.75, 3.05) is 31.6 Å². The van der Waals surface area contributed by atoms with Crippen molar-refractivity contribution in [1.29, 1.82) is 0 Å². The molecular formula is C16H27N3. The molecule has 0 bridgehead atoms. The molecule has 1 aromatic rings. The maximum absolute atomic E-state index is 4.61. The van der Waals surface area contributed by atoms with Gasteiger partial charge in [-0.05, 0) is 45.3 Å². The number of hydrogen-bond donors (Lipinski definition) is 0. The lowest BCUT2D eigenvalue weighted by atomic mass is 10.0. The molecule has 1 saturated heterocycles. The van der Waals surface area contributed by atoms with Crippen LogP contribution in [0.15, 0.2) is 18.3 Å². The van der Waals surface area contributed by atoms with Crippen molar-refractivity contribution in [3.8, 4) is 0 Å². The van der Waals surface area contributed by atoms with Gasteiger partial charge in [-0.1, -0.05) is 19.4 Å². The number of likely N-dealkylation sites (tertiary alicyclic amines) is 1. The molecule has 0 aliphatic carbocycles. The van der Waals surface area contributed by atoms with Gasteiger partial charge in [0.15, 0.2) is 0 Å². The van der Waals surface area contributed by atoms with Crippen LogP contribution in [0.25, 0.3) is 0 Å².